The van der Waals surface area contributed by atoms with Crippen LogP contribution in [0.1, 0.15) is 0 Å². The molecule has 0 atom stereocenters. The van der Waals surface area contributed by atoms with Gasteiger partial charge < -0.3 is 10.7 Å². The molecule has 0 radical (unpaired) electrons. The standard InChI is InChI=1S/C13H8BrCl2N3/c14-7-1-2-10-11(5-7)19-13(18-10)6-3-8(15)12(17)9(16)4-6/h1-5H,17H2,(H,18,19). The summed E-state index contributed by atoms with van der Waals surface area (Å²) in [5.74, 6) is 0.705. The Kier molecular flexibility index (Phi) is 3.17. The number of anilines is 1. The molecular weight excluding hydrogens is 349 g/mol. The zero-order chi connectivity index (χ0) is 13.6. The summed E-state index contributed by atoms with van der Waals surface area (Å²) in [7, 11) is 0. The quantitative estimate of drug-likeness (QED) is 0.610. The molecular formula is C13H8BrCl2N3. The maximum atomic E-state index is 6.03. The Morgan fingerprint density at radius 3 is 2.47 bits per heavy atom. The zero-order valence-corrected chi connectivity index (χ0v) is 12.6. The van der Waals surface area contributed by atoms with Crippen LogP contribution < -0.4 is 5.73 Å². The molecule has 1 aromatic heterocycles. The van der Waals surface area contributed by atoms with Crippen molar-refractivity contribution >= 4 is 55.9 Å². The number of fused-ring (bicyclic) bond motifs is 1. The van der Waals surface area contributed by atoms with Crippen molar-refractivity contribution < 1.29 is 0 Å². The van der Waals surface area contributed by atoms with Crippen molar-refractivity contribution in [1.29, 1.82) is 0 Å². The molecule has 3 aromatic rings. The minimum absolute atomic E-state index is 0.380. The fourth-order valence-corrected chi connectivity index (χ4v) is 2.69. The third-order valence-electron chi connectivity index (χ3n) is 2.80. The monoisotopic (exact) mass is 355 g/mol. The number of nitrogens with one attached hydrogen (secondary N) is 1. The first-order valence-corrected chi connectivity index (χ1v) is 6.99. The fourth-order valence-electron chi connectivity index (χ4n) is 1.84. The van der Waals surface area contributed by atoms with Gasteiger partial charge in [0.2, 0.25) is 0 Å². The van der Waals surface area contributed by atoms with Crippen molar-refractivity contribution in [2.24, 2.45) is 0 Å². The second kappa shape index (κ2) is 4.71. The molecule has 2 aromatic carbocycles. The lowest BCUT2D eigenvalue weighted by molar-refractivity contribution is 1.34. The predicted octanol–water partition coefficient (Wildman–Crippen LogP) is 4.88. The lowest BCUT2D eigenvalue weighted by Crippen LogP contribution is -1.89. The van der Waals surface area contributed by atoms with Crippen molar-refractivity contribution in [1.82, 2.24) is 9.97 Å². The van der Waals surface area contributed by atoms with Crippen LogP contribution in [0, 0.1) is 0 Å². The van der Waals surface area contributed by atoms with Crippen LogP contribution in [0.25, 0.3) is 22.4 Å². The number of imidazole rings is 1. The van der Waals surface area contributed by atoms with Gasteiger partial charge in [0.05, 0.1) is 26.8 Å². The molecule has 0 amide bonds. The number of aromatic amines is 1. The van der Waals surface area contributed by atoms with Crippen LogP contribution >= 0.6 is 39.1 Å². The maximum Gasteiger partial charge on any atom is 0.138 e. The normalized spacial score (nSPS) is 11.1. The van der Waals surface area contributed by atoms with Gasteiger partial charge >= 0.3 is 0 Å². The van der Waals surface area contributed by atoms with Crippen LogP contribution in [0.3, 0.4) is 0 Å². The predicted molar refractivity (Wildman–Crippen MR) is 83.7 cm³/mol. The molecule has 3 nitrogen and oxygen atoms in total. The van der Waals surface area contributed by atoms with E-state index < -0.39 is 0 Å². The summed E-state index contributed by atoms with van der Waals surface area (Å²) >= 11 is 15.5. The second-order valence-corrected chi connectivity index (χ2v) is 5.83. The van der Waals surface area contributed by atoms with Gasteiger partial charge in [0, 0.05) is 10.0 Å². The van der Waals surface area contributed by atoms with Crippen LogP contribution in [0.15, 0.2) is 34.8 Å². The molecule has 0 saturated carbocycles. The van der Waals surface area contributed by atoms with Gasteiger partial charge in [-0.3, -0.25) is 0 Å². The third-order valence-corrected chi connectivity index (χ3v) is 3.92. The van der Waals surface area contributed by atoms with Gasteiger partial charge in [-0.25, -0.2) is 4.98 Å². The number of aromatic nitrogens is 2. The lowest BCUT2D eigenvalue weighted by atomic mass is 10.2. The SMILES string of the molecule is Nc1c(Cl)cc(-c2nc3ccc(Br)cc3[nH]2)cc1Cl. The van der Waals surface area contributed by atoms with Gasteiger partial charge in [-0.1, -0.05) is 39.1 Å². The molecule has 0 spiro atoms. The highest BCUT2D eigenvalue weighted by atomic mass is 79.9. The first kappa shape index (κ1) is 12.8. The smallest absolute Gasteiger partial charge is 0.138 e. The average Bonchev–Trinajstić information content (AvgIpc) is 2.78. The summed E-state index contributed by atoms with van der Waals surface area (Å²) in [4.78, 5) is 7.73. The van der Waals surface area contributed by atoms with E-state index in [1.807, 2.05) is 18.2 Å². The van der Waals surface area contributed by atoms with E-state index in [-0.39, 0.29) is 0 Å². The van der Waals surface area contributed by atoms with Crippen LogP contribution in [0.5, 0.6) is 0 Å². The highest BCUT2D eigenvalue weighted by Crippen LogP contribution is 2.33. The number of hydrogen-bond acceptors (Lipinski definition) is 2. The summed E-state index contributed by atoms with van der Waals surface area (Å²) < 4.78 is 0.989. The molecule has 0 aliphatic carbocycles. The van der Waals surface area contributed by atoms with Gasteiger partial charge in [-0.2, -0.15) is 0 Å². The zero-order valence-electron chi connectivity index (χ0n) is 9.55. The van der Waals surface area contributed by atoms with Crippen LogP contribution in [-0.2, 0) is 0 Å². The van der Waals surface area contributed by atoms with Crippen molar-refractivity contribution in [3.8, 4) is 11.4 Å². The number of nitrogens with two attached hydrogens (primary N) is 1. The summed E-state index contributed by atoms with van der Waals surface area (Å²) in [5.41, 5.74) is 8.72. The van der Waals surface area contributed by atoms with E-state index in [2.05, 4.69) is 25.9 Å². The Balaban J connectivity index is 2.19. The molecule has 96 valence electrons. The van der Waals surface area contributed by atoms with Gasteiger partial charge in [0.15, 0.2) is 0 Å². The molecule has 3 rings (SSSR count). The Labute approximate surface area is 127 Å². The van der Waals surface area contributed by atoms with Gasteiger partial charge in [-0.15, -0.1) is 0 Å². The molecule has 0 unspecified atom stereocenters. The largest absolute Gasteiger partial charge is 0.396 e. The van der Waals surface area contributed by atoms with Crippen molar-refractivity contribution in [3.05, 3.63) is 44.8 Å². The number of benzene rings is 2. The Morgan fingerprint density at radius 1 is 1.11 bits per heavy atom. The minimum Gasteiger partial charge on any atom is -0.396 e. The van der Waals surface area contributed by atoms with Gasteiger partial charge in [-0.05, 0) is 30.3 Å². The van der Waals surface area contributed by atoms with E-state index in [4.69, 9.17) is 28.9 Å². The first-order valence-electron chi connectivity index (χ1n) is 5.45. The van der Waals surface area contributed by atoms with E-state index in [9.17, 15) is 0 Å². The third kappa shape index (κ3) is 2.31. The van der Waals surface area contributed by atoms with Crippen molar-refractivity contribution in [2.75, 3.05) is 5.73 Å². The van der Waals surface area contributed by atoms with Crippen LogP contribution in [0.2, 0.25) is 10.0 Å². The van der Waals surface area contributed by atoms with E-state index in [0.29, 0.717) is 21.6 Å². The highest BCUT2D eigenvalue weighted by molar-refractivity contribution is 9.10. The van der Waals surface area contributed by atoms with E-state index in [0.717, 1.165) is 21.1 Å². The number of nitrogens with zero attached hydrogens (tertiary/aromatic N) is 1. The Hall–Kier alpha value is -1.23. The molecule has 3 N–H and O–H groups in total. The maximum absolute atomic E-state index is 6.03. The molecule has 0 fully saturated rings. The van der Waals surface area contributed by atoms with Crippen molar-refractivity contribution in [2.45, 2.75) is 0 Å². The van der Waals surface area contributed by atoms with Crippen LogP contribution in [-0.4, -0.2) is 9.97 Å². The number of halogens is 3. The molecule has 0 bridgehead atoms. The Morgan fingerprint density at radius 2 is 1.79 bits per heavy atom. The molecule has 1 heterocycles. The van der Waals surface area contributed by atoms with Crippen molar-refractivity contribution in [3.63, 3.8) is 0 Å². The highest BCUT2D eigenvalue weighted by Gasteiger charge is 2.10. The number of nitrogen functional groups attached to an aromatic ring is 1. The lowest BCUT2D eigenvalue weighted by Gasteiger charge is -2.03. The number of H-pyrrole nitrogens is 1. The number of rotatable bonds is 1. The van der Waals surface area contributed by atoms with E-state index in [1.54, 1.807) is 12.1 Å². The molecule has 6 heteroatoms. The van der Waals surface area contributed by atoms with Gasteiger partial charge in [0.25, 0.3) is 0 Å². The molecule has 0 saturated heterocycles. The number of hydrogen-bond donors (Lipinski definition) is 2. The summed E-state index contributed by atoms with van der Waals surface area (Å²) in [6, 6.07) is 9.33. The fraction of sp³-hybridized carbons (Fsp3) is 0. The van der Waals surface area contributed by atoms with E-state index >= 15 is 0 Å². The first-order chi connectivity index (χ1) is 9.04. The summed E-state index contributed by atoms with van der Waals surface area (Å²) in [6.07, 6.45) is 0. The molecule has 0 aliphatic rings. The second-order valence-electron chi connectivity index (χ2n) is 4.10. The van der Waals surface area contributed by atoms with Gasteiger partial charge in [0.1, 0.15) is 5.82 Å². The molecule has 19 heavy (non-hydrogen) atoms. The summed E-state index contributed by atoms with van der Waals surface area (Å²) in [5, 5.41) is 0.841. The molecule has 0 aliphatic heterocycles. The average molecular weight is 357 g/mol. The topological polar surface area (TPSA) is 54.7 Å². The Bertz CT molecular complexity index is 760. The minimum atomic E-state index is 0.380. The van der Waals surface area contributed by atoms with Crippen LogP contribution in [0.4, 0.5) is 5.69 Å². The van der Waals surface area contributed by atoms with E-state index in [1.165, 1.54) is 0 Å². The summed E-state index contributed by atoms with van der Waals surface area (Å²) in [6.45, 7) is 0.